The SMILES string of the molecule is CC(C)C1(CN)CC(N)CC(C(C)C)(C(C)C)C1. The molecule has 0 aromatic heterocycles. The summed E-state index contributed by atoms with van der Waals surface area (Å²) in [5.74, 6) is 1.97. The van der Waals surface area contributed by atoms with E-state index < -0.39 is 0 Å². The molecule has 18 heavy (non-hydrogen) atoms. The average Bonchev–Trinajstić information content (AvgIpc) is 2.27. The molecule has 1 rings (SSSR count). The molecule has 0 amide bonds. The van der Waals surface area contributed by atoms with Crippen molar-refractivity contribution >= 4 is 0 Å². The van der Waals surface area contributed by atoms with E-state index in [-0.39, 0.29) is 5.41 Å². The molecular formula is C16H34N2. The molecule has 1 aliphatic rings. The van der Waals surface area contributed by atoms with Crippen molar-refractivity contribution in [3.05, 3.63) is 0 Å². The first kappa shape index (κ1) is 16.0. The molecular weight excluding hydrogens is 220 g/mol. The van der Waals surface area contributed by atoms with E-state index in [0.29, 0.717) is 29.2 Å². The second-order valence-corrected chi connectivity index (χ2v) is 7.61. The van der Waals surface area contributed by atoms with Crippen LogP contribution in [0, 0.1) is 28.6 Å². The predicted octanol–water partition coefficient (Wildman–Crippen LogP) is 3.40. The average molecular weight is 254 g/mol. The third-order valence-electron chi connectivity index (χ3n) is 5.92. The zero-order valence-electron chi connectivity index (χ0n) is 13.3. The van der Waals surface area contributed by atoms with Crippen LogP contribution < -0.4 is 11.5 Å². The summed E-state index contributed by atoms with van der Waals surface area (Å²) in [5, 5.41) is 0. The van der Waals surface area contributed by atoms with Crippen molar-refractivity contribution in [3.63, 3.8) is 0 Å². The molecule has 2 nitrogen and oxygen atoms in total. The van der Waals surface area contributed by atoms with Gasteiger partial charge in [-0.3, -0.25) is 0 Å². The van der Waals surface area contributed by atoms with Gasteiger partial charge in [0.1, 0.15) is 0 Å². The fourth-order valence-electron chi connectivity index (χ4n) is 4.26. The van der Waals surface area contributed by atoms with Gasteiger partial charge in [-0.15, -0.1) is 0 Å². The van der Waals surface area contributed by atoms with Gasteiger partial charge in [0.05, 0.1) is 0 Å². The Bertz CT molecular complexity index is 262. The second-order valence-electron chi connectivity index (χ2n) is 7.61. The molecule has 1 aliphatic carbocycles. The van der Waals surface area contributed by atoms with Crippen molar-refractivity contribution in [3.8, 4) is 0 Å². The molecule has 0 saturated heterocycles. The Morgan fingerprint density at radius 3 is 1.78 bits per heavy atom. The fraction of sp³-hybridized carbons (Fsp3) is 1.00. The highest BCUT2D eigenvalue weighted by Gasteiger charge is 2.50. The van der Waals surface area contributed by atoms with E-state index in [1.165, 1.54) is 6.42 Å². The second kappa shape index (κ2) is 5.50. The lowest BCUT2D eigenvalue weighted by molar-refractivity contribution is -0.0441. The molecule has 0 bridgehead atoms. The summed E-state index contributed by atoms with van der Waals surface area (Å²) >= 11 is 0. The molecule has 0 aromatic carbocycles. The molecule has 1 saturated carbocycles. The van der Waals surface area contributed by atoms with E-state index in [1.807, 2.05) is 0 Å². The summed E-state index contributed by atoms with van der Waals surface area (Å²) in [6.45, 7) is 14.9. The molecule has 0 radical (unpaired) electrons. The first-order valence-corrected chi connectivity index (χ1v) is 7.66. The highest BCUT2D eigenvalue weighted by atomic mass is 14.7. The van der Waals surface area contributed by atoms with Crippen molar-refractivity contribution in [2.45, 2.75) is 66.8 Å². The van der Waals surface area contributed by atoms with E-state index in [1.54, 1.807) is 0 Å². The Morgan fingerprint density at radius 1 is 0.944 bits per heavy atom. The lowest BCUT2D eigenvalue weighted by Gasteiger charge is -2.56. The number of rotatable bonds is 4. The summed E-state index contributed by atoms with van der Waals surface area (Å²) in [5.41, 5.74) is 13.2. The Hall–Kier alpha value is -0.0800. The van der Waals surface area contributed by atoms with E-state index in [0.717, 1.165) is 19.4 Å². The van der Waals surface area contributed by atoms with Gasteiger partial charge in [0.25, 0.3) is 0 Å². The van der Waals surface area contributed by atoms with Crippen LogP contribution in [0.1, 0.15) is 60.8 Å². The summed E-state index contributed by atoms with van der Waals surface area (Å²) in [6, 6.07) is 0.314. The third kappa shape index (κ3) is 2.60. The standard InChI is InChI=1S/C16H34N2/c1-11(2)15(10-17)7-14(18)8-16(9-15,12(3)4)13(5)6/h11-14H,7-10,17-18H2,1-6H3. The lowest BCUT2D eigenvalue weighted by Crippen LogP contribution is -2.54. The van der Waals surface area contributed by atoms with Gasteiger partial charge in [-0.25, -0.2) is 0 Å². The molecule has 0 spiro atoms. The van der Waals surface area contributed by atoms with Crippen LogP contribution in [0.2, 0.25) is 0 Å². The molecule has 2 heteroatoms. The van der Waals surface area contributed by atoms with Crippen molar-refractivity contribution < 1.29 is 0 Å². The summed E-state index contributed by atoms with van der Waals surface area (Å²) in [4.78, 5) is 0. The quantitative estimate of drug-likeness (QED) is 0.808. The van der Waals surface area contributed by atoms with Crippen LogP contribution in [0.4, 0.5) is 0 Å². The van der Waals surface area contributed by atoms with E-state index in [2.05, 4.69) is 41.5 Å². The Morgan fingerprint density at radius 2 is 1.44 bits per heavy atom. The van der Waals surface area contributed by atoms with Crippen molar-refractivity contribution in [1.29, 1.82) is 0 Å². The zero-order valence-corrected chi connectivity index (χ0v) is 13.3. The van der Waals surface area contributed by atoms with Crippen LogP contribution in [-0.2, 0) is 0 Å². The smallest absolute Gasteiger partial charge is 0.00501 e. The first-order chi connectivity index (χ1) is 8.20. The van der Waals surface area contributed by atoms with E-state index >= 15 is 0 Å². The number of hydrogen-bond donors (Lipinski definition) is 2. The lowest BCUT2D eigenvalue weighted by atomic mass is 9.50. The maximum absolute atomic E-state index is 6.42. The van der Waals surface area contributed by atoms with Gasteiger partial charge in [0, 0.05) is 6.04 Å². The van der Waals surface area contributed by atoms with Crippen molar-refractivity contribution in [2.75, 3.05) is 6.54 Å². The normalized spacial score (nSPS) is 32.5. The maximum atomic E-state index is 6.42. The van der Waals surface area contributed by atoms with Crippen LogP contribution in [-0.4, -0.2) is 12.6 Å². The van der Waals surface area contributed by atoms with E-state index in [9.17, 15) is 0 Å². The minimum Gasteiger partial charge on any atom is -0.330 e. The molecule has 4 N–H and O–H groups in total. The summed E-state index contributed by atoms with van der Waals surface area (Å²) in [7, 11) is 0. The van der Waals surface area contributed by atoms with E-state index in [4.69, 9.17) is 11.5 Å². The monoisotopic (exact) mass is 254 g/mol. The van der Waals surface area contributed by atoms with Crippen LogP contribution in [0.3, 0.4) is 0 Å². The molecule has 108 valence electrons. The van der Waals surface area contributed by atoms with Gasteiger partial charge in [0.2, 0.25) is 0 Å². The maximum Gasteiger partial charge on any atom is 0.00501 e. The highest BCUT2D eigenvalue weighted by molar-refractivity contribution is 5.02. The van der Waals surface area contributed by atoms with Gasteiger partial charge in [-0.05, 0) is 54.4 Å². The first-order valence-electron chi connectivity index (χ1n) is 7.66. The highest BCUT2D eigenvalue weighted by Crippen LogP contribution is 2.56. The minimum atomic E-state index is 0.242. The molecule has 2 atom stereocenters. The van der Waals surface area contributed by atoms with Gasteiger partial charge < -0.3 is 11.5 Å². The van der Waals surface area contributed by atoms with Crippen LogP contribution in [0.15, 0.2) is 0 Å². The zero-order chi connectivity index (χ0) is 14.1. The van der Waals surface area contributed by atoms with Gasteiger partial charge in [-0.1, -0.05) is 41.5 Å². The largest absolute Gasteiger partial charge is 0.330 e. The van der Waals surface area contributed by atoms with Crippen LogP contribution >= 0.6 is 0 Å². The van der Waals surface area contributed by atoms with Gasteiger partial charge >= 0.3 is 0 Å². The van der Waals surface area contributed by atoms with Crippen LogP contribution in [0.5, 0.6) is 0 Å². The van der Waals surface area contributed by atoms with Crippen molar-refractivity contribution in [1.82, 2.24) is 0 Å². The topological polar surface area (TPSA) is 52.0 Å². The molecule has 0 aromatic rings. The predicted molar refractivity (Wildman–Crippen MR) is 80.3 cm³/mol. The van der Waals surface area contributed by atoms with Gasteiger partial charge in [0.15, 0.2) is 0 Å². The number of nitrogens with two attached hydrogens (primary N) is 2. The summed E-state index contributed by atoms with van der Waals surface area (Å²) in [6.07, 6.45) is 3.51. The van der Waals surface area contributed by atoms with Crippen molar-refractivity contribution in [2.24, 2.45) is 40.1 Å². The Kier molecular flexibility index (Phi) is 4.88. The van der Waals surface area contributed by atoms with Gasteiger partial charge in [-0.2, -0.15) is 0 Å². The summed E-state index contributed by atoms with van der Waals surface area (Å²) < 4.78 is 0. The molecule has 1 fully saturated rings. The Labute approximate surface area is 114 Å². The molecule has 0 aliphatic heterocycles. The minimum absolute atomic E-state index is 0.242. The van der Waals surface area contributed by atoms with Crippen LogP contribution in [0.25, 0.3) is 0 Å². The fourth-order valence-corrected chi connectivity index (χ4v) is 4.26. The molecule has 2 unspecified atom stereocenters. The third-order valence-corrected chi connectivity index (χ3v) is 5.92. The Balaban J connectivity index is 3.15. The number of hydrogen-bond acceptors (Lipinski definition) is 2. The molecule has 0 heterocycles.